The van der Waals surface area contributed by atoms with Crippen LogP contribution < -0.4 is 5.32 Å². The average Bonchev–Trinajstić information content (AvgIpc) is 3.57. The molecule has 2 heterocycles. The number of benzene rings is 6. The monoisotopic (exact) mass is 517 g/mol. The van der Waals surface area contributed by atoms with E-state index < -0.39 is 0 Å². The minimum atomic E-state index is 0.881. The Labute approximate surface area is 229 Å². The van der Waals surface area contributed by atoms with Gasteiger partial charge in [0.15, 0.2) is 0 Å². The molecule has 0 spiro atoms. The molecule has 0 atom stereocenters. The molecule has 8 rings (SSSR count). The molecule has 3 heteroatoms. The van der Waals surface area contributed by atoms with Gasteiger partial charge in [-0.3, -0.25) is 0 Å². The van der Waals surface area contributed by atoms with Gasteiger partial charge in [0.25, 0.3) is 0 Å². The number of anilines is 2. The summed E-state index contributed by atoms with van der Waals surface area (Å²) in [6, 6.07) is 47.1. The molecule has 0 aliphatic rings. The number of furan rings is 1. The predicted molar refractivity (Wildman–Crippen MR) is 167 cm³/mol. The van der Waals surface area contributed by atoms with Crippen LogP contribution in [0.25, 0.3) is 64.4 Å². The fourth-order valence-corrected chi connectivity index (χ4v) is 6.86. The Hall–Kier alpha value is -4.86. The van der Waals surface area contributed by atoms with Crippen molar-refractivity contribution in [2.75, 3.05) is 5.32 Å². The molecule has 0 aliphatic carbocycles. The van der Waals surface area contributed by atoms with E-state index in [-0.39, 0.29) is 0 Å². The van der Waals surface area contributed by atoms with E-state index in [1.54, 1.807) is 0 Å². The van der Waals surface area contributed by atoms with Crippen LogP contribution in [0.3, 0.4) is 0 Å². The highest BCUT2D eigenvalue weighted by Gasteiger charge is 2.16. The number of nitrogens with one attached hydrogen (secondary N) is 1. The molecule has 0 saturated heterocycles. The second-order valence-electron chi connectivity index (χ2n) is 9.81. The first kappa shape index (κ1) is 22.2. The Morgan fingerprint density at radius 3 is 1.87 bits per heavy atom. The number of hydrogen-bond donors (Lipinski definition) is 1. The van der Waals surface area contributed by atoms with Gasteiger partial charge in [-0.25, -0.2) is 0 Å². The molecule has 0 amide bonds. The number of fused-ring (bicyclic) bond motifs is 6. The molecule has 6 aromatic carbocycles. The Kier molecular flexibility index (Phi) is 5.04. The molecule has 0 unspecified atom stereocenters. The van der Waals surface area contributed by atoms with Crippen molar-refractivity contribution in [1.29, 1.82) is 0 Å². The van der Waals surface area contributed by atoms with Gasteiger partial charge in [0.1, 0.15) is 11.2 Å². The maximum atomic E-state index is 6.33. The lowest BCUT2D eigenvalue weighted by atomic mass is 9.98. The maximum Gasteiger partial charge on any atom is 0.137 e. The smallest absolute Gasteiger partial charge is 0.137 e. The summed E-state index contributed by atoms with van der Waals surface area (Å²) in [7, 11) is 0. The van der Waals surface area contributed by atoms with Crippen LogP contribution in [0, 0.1) is 0 Å². The van der Waals surface area contributed by atoms with Gasteiger partial charge >= 0.3 is 0 Å². The van der Waals surface area contributed by atoms with Crippen molar-refractivity contribution in [3.63, 3.8) is 0 Å². The minimum absolute atomic E-state index is 0.881. The van der Waals surface area contributed by atoms with Gasteiger partial charge in [0, 0.05) is 31.2 Å². The Bertz CT molecular complexity index is 2140. The van der Waals surface area contributed by atoms with Gasteiger partial charge in [-0.15, -0.1) is 11.3 Å². The highest BCUT2D eigenvalue weighted by atomic mass is 32.1. The highest BCUT2D eigenvalue weighted by molar-refractivity contribution is 7.26. The van der Waals surface area contributed by atoms with Gasteiger partial charge < -0.3 is 9.73 Å². The molecule has 1 N–H and O–H groups in total. The normalized spacial score (nSPS) is 11.6. The van der Waals surface area contributed by atoms with E-state index in [2.05, 4.69) is 139 Å². The van der Waals surface area contributed by atoms with Crippen LogP contribution in [0.15, 0.2) is 138 Å². The molecular formula is C36H23NOS. The number of hydrogen-bond acceptors (Lipinski definition) is 3. The summed E-state index contributed by atoms with van der Waals surface area (Å²) in [4.78, 5) is 0. The van der Waals surface area contributed by atoms with Crippen molar-refractivity contribution >= 4 is 64.8 Å². The van der Waals surface area contributed by atoms with E-state index in [0.29, 0.717) is 0 Å². The summed E-state index contributed by atoms with van der Waals surface area (Å²) < 4.78 is 8.93. The summed E-state index contributed by atoms with van der Waals surface area (Å²) >= 11 is 1.85. The van der Waals surface area contributed by atoms with Crippen molar-refractivity contribution in [1.82, 2.24) is 0 Å². The topological polar surface area (TPSA) is 25.2 Å². The van der Waals surface area contributed by atoms with Gasteiger partial charge in [-0.2, -0.15) is 0 Å². The second kappa shape index (κ2) is 8.87. The zero-order valence-electron chi connectivity index (χ0n) is 21.0. The molecule has 2 nitrogen and oxygen atoms in total. The van der Waals surface area contributed by atoms with Crippen LogP contribution in [0.2, 0.25) is 0 Å². The van der Waals surface area contributed by atoms with E-state index in [4.69, 9.17) is 4.42 Å². The van der Waals surface area contributed by atoms with E-state index in [9.17, 15) is 0 Å². The summed E-state index contributed by atoms with van der Waals surface area (Å²) in [5, 5.41) is 8.58. The predicted octanol–water partition coefficient (Wildman–Crippen LogP) is 11.0. The average molecular weight is 518 g/mol. The van der Waals surface area contributed by atoms with Gasteiger partial charge in [-0.05, 0) is 64.7 Å². The van der Waals surface area contributed by atoms with E-state index in [0.717, 1.165) is 33.3 Å². The van der Waals surface area contributed by atoms with Crippen molar-refractivity contribution in [3.05, 3.63) is 133 Å². The zero-order valence-corrected chi connectivity index (χ0v) is 21.8. The Morgan fingerprint density at radius 2 is 1.13 bits per heavy atom. The Morgan fingerprint density at radius 1 is 0.487 bits per heavy atom. The van der Waals surface area contributed by atoms with Crippen LogP contribution in [-0.2, 0) is 0 Å². The van der Waals surface area contributed by atoms with Crippen LogP contribution in [0.5, 0.6) is 0 Å². The number of rotatable bonds is 4. The SMILES string of the molecule is c1ccc(-c2cccc3sc4ccc(Nc5cccc6oc7cccc(-c8ccccc8)c7c56)cc4c23)cc1. The van der Waals surface area contributed by atoms with E-state index in [1.165, 1.54) is 42.4 Å². The third kappa shape index (κ3) is 3.63. The third-order valence-electron chi connectivity index (χ3n) is 7.47. The first-order valence-corrected chi connectivity index (χ1v) is 13.9. The van der Waals surface area contributed by atoms with Crippen molar-refractivity contribution in [2.24, 2.45) is 0 Å². The summed E-state index contributed by atoms with van der Waals surface area (Å²) in [6.45, 7) is 0. The van der Waals surface area contributed by atoms with E-state index >= 15 is 0 Å². The molecule has 0 aliphatic heterocycles. The molecule has 0 saturated carbocycles. The Balaban J connectivity index is 1.31. The van der Waals surface area contributed by atoms with Crippen molar-refractivity contribution in [2.45, 2.75) is 0 Å². The molecule has 8 aromatic rings. The van der Waals surface area contributed by atoms with Crippen LogP contribution >= 0.6 is 11.3 Å². The second-order valence-corrected chi connectivity index (χ2v) is 10.9. The molecule has 0 bridgehead atoms. The van der Waals surface area contributed by atoms with Crippen molar-refractivity contribution < 1.29 is 4.42 Å². The first-order valence-electron chi connectivity index (χ1n) is 13.1. The van der Waals surface area contributed by atoms with Crippen LogP contribution in [-0.4, -0.2) is 0 Å². The molecule has 2 aromatic heterocycles. The fraction of sp³-hybridized carbons (Fsp3) is 0. The highest BCUT2D eigenvalue weighted by Crippen LogP contribution is 2.43. The van der Waals surface area contributed by atoms with Crippen molar-refractivity contribution in [3.8, 4) is 22.3 Å². The lowest BCUT2D eigenvalue weighted by Gasteiger charge is -2.10. The third-order valence-corrected chi connectivity index (χ3v) is 8.60. The maximum absolute atomic E-state index is 6.33. The van der Waals surface area contributed by atoms with Gasteiger partial charge in [0.05, 0.1) is 11.1 Å². The lowest BCUT2D eigenvalue weighted by molar-refractivity contribution is 0.669. The lowest BCUT2D eigenvalue weighted by Crippen LogP contribution is -1.91. The summed E-state index contributed by atoms with van der Waals surface area (Å²) in [6.07, 6.45) is 0. The fourth-order valence-electron chi connectivity index (χ4n) is 5.75. The van der Waals surface area contributed by atoms with Crippen LogP contribution in [0.1, 0.15) is 0 Å². The van der Waals surface area contributed by atoms with E-state index in [1.807, 2.05) is 11.3 Å². The standard InChI is InChI=1S/C36H23NOS/c1-3-10-23(11-4-1)26-15-8-19-33-34(26)28-22-25(20-21-32(28)39-33)37-29-16-9-18-31-36(29)35-27(14-7-17-30(35)38-31)24-12-5-2-6-13-24/h1-22,37H. The molecular weight excluding hydrogens is 494 g/mol. The van der Waals surface area contributed by atoms with Crippen LogP contribution in [0.4, 0.5) is 11.4 Å². The van der Waals surface area contributed by atoms with Gasteiger partial charge in [-0.1, -0.05) is 91.0 Å². The number of thiophene rings is 1. The molecule has 184 valence electrons. The first-order chi connectivity index (χ1) is 19.3. The molecule has 39 heavy (non-hydrogen) atoms. The molecule has 0 radical (unpaired) electrons. The largest absolute Gasteiger partial charge is 0.456 e. The summed E-state index contributed by atoms with van der Waals surface area (Å²) in [5.74, 6) is 0. The van der Waals surface area contributed by atoms with Gasteiger partial charge in [0.2, 0.25) is 0 Å². The minimum Gasteiger partial charge on any atom is -0.456 e. The zero-order chi connectivity index (χ0) is 25.8. The quantitative estimate of drug-likeness (QED) is 0.251. The molecule has 0 fully saturated rings. The summed E-state index contributed by atoms with van der Waals surface area (Å²) in [5.41, 5.74) is 8.74.